The van der Waals surface area contributed by atoms with Crippen LogP contribution in [0, 0.1) is 13.8 Å². The lowest BCUT2D eigenvalue weighted by atomic mass is 10.2. The van der Waals surface area contributed by atoms with Crippen LogP contribution in [0.5, 0.6) is 5.75 Å². The lowest BCUT2D eigenvalue weighted by Gasteiger charge is -2.19. The van der Waals surface area contributed by atoms with Crippen molar-refractivity contribution in [3.8, 4) is 5.75 Å². The number of benzene rings is 1. The Morgan fingerprint density at radius 1 is 1.11 bits per heavy atom. The molecule has 0 spiro atoms. The van der Waals surface area contributed by atoms with Gasteiger partial charge in [-0.15, -0.1) is 0 Å². The van der Waals surface area contributed by atoms with Crippen LogP contribution < -0.4 is 20.9 Å². The molecule has 0 fully saturated rings. The third-order valence-electron chi connectivity index (χ3n) is 4.57. The van der Waals surface area contributed by atoms with Gasteiger partial charge in [0.15, 0.2) is 5.96 Å². The molecule has 1 aromatic heterocycles. The molecule has 6 nitrogen and oxygen atoms in total. The van der Waals surface area contributed by atoms with E-state index in [0.717, 1.165) is 48.9 Å². The Bertz CT molecular complexity index is 829. The minimum Gasteiger partial charge on any atom is -0.489 e. The SMILES string of the molecule is CN=C(NCCCCn1c(C)cccc1=O)NCC(C)Oc1ccccc1C. The highest BCUT2D eigenvalue weighted by Crippen LogP contribution is 2.17. The summed E-state index contributed by atoms with van der Waals surface area (Å²) in [5.74, 6) is 1.67. The molecule has 0 amide bonds. The summed E-state index contributed by atoms with van der Waals surface area (Å²) in [6, 6.07) is 13.4. The van der Waals surface area contributed by atoms with Gasteiger partial charge in [0, 0.05) is 31.9 Å². The van der Waals surface area contributed by atoms with Crippen molar-refractivity contribution >= 4 is 5.96 Å². The van der Waals surface area contributed by atoms with Gasteiger partial charge in [0.1, 0.15) is 11.9 Å². The molecule has 1 heterocycles. The van der Waals surface area contributed by atoms with Crippen molar-refractivity contribution in [2.24, 2.45) is 4.99 Å². The first kappa shape index (κ1) is 21.5. The van der Waals surface area contributed by atoms with Gasteiger partial charge in [-0.05, 0) is 51.3 Å². The van der Waals surface area contributed by atoms with Crippen LogP contribution in [0.1, 0.15) is 31.0 Å². The first-order valence-corrected chi connectivity index (χ1v) is 9.84. The zero-order valence-corrected chi connectivity index (χ0v) is 17.4. The number of aromatic nitrogens is 1. The Balaban J connectivity index is 1.67. The first-order chi connectivity index (χ1) is 13.5. The van der Waals surface area contributed by atoms with Crippen LogP contribution in [-0.4, -0.2) is 36.8 Å². The molecule has 0 aliphatic heterocycles. The van der Waals surface area contributed by atoms with Crippen molar-refractivity contribution in [3.05, 3.63) is 64.1 Å². The molecule has 0 saturated carbocycles. The van der Waals surface area contributed by atoms with Crippen molar-refractivity contribution in [3.63, 3.8) is 0 Å². The second-order valence-electron chi connectivity index (χ2n) is 6.94. The molecule has 2 aromatic rings. The monoisotopic (exact) mass is 384 g/mol. The highest BCUT2D eigenvalue weighted by Gasteiger charge is 2.07. The van der Waals surface area contributed by atoms with E-state index in [2.05, 4.69) is 15.6 Å². The summed E-state index contributed by atoms with van der Waals surface area (Å²) < 4.78 is 7.79. The van der Waals surface area contributed by atoms with Gasteiger partial charge >= 0.3 is 0 Å². The fourth-order valence-electron chi connectivity index (χ4n) is 2.92. The highest BCUT2D eigenvalue weighted by atomic mass is 16.5. The normalized spacial score (nSPS) is 12.5. The minimum atomic E-state index is 0.0209. The van der Waals surface area contributed by atoms with Crippen molar-refractivity contribution in [1.29, 1.82) is 0 Å². The maximum atomic E-state index is 11.9. The molecule has 1 unspecified atom stereocenters. The van der Waals surface area contributed by atoms with Crippen LogP contribution in [0.15, 0.2) is 52.3 Å². The van der Waals surface area contributed by atoms with Crippen molar-refractivity contribution < 1.29 is 4.74 Å². The summed E-state index contributed by atoms with van der Waals surface area (Å²) in [6.45, 7) is 8.24. The fraction of sp³-hybridized carbons (Fsp3) is 0.455. The Morgan fingerprint density at radius 3 is 2.61 bits per heavy atom. The number of nitrogens with zero attached hydrogens (tertiary/aromatic N) is 2. The Hall–Kier alpha value is -2.76. The summed E-state index contributed by atoms with van der Waals surface area (Å²) in [5, 5.41) is 6.61. The van der Waals surface area contributed by atoms with Gasteiger partial charge in [0.2, 0.25) is 0 Å². The van der Waals surface area contributed by atoms with E-state index in [1.54, 1.807) is 19.2 Å². The van der Waals surface area contributed by atoms with Crippen molar-refractivity contribution in [2.45, 2.75) is 46.3 Å². The lowest BCUT2D eigenvalue weighted by molar-refractivity contribution is 0.222. The third kappa shape index (κ3) is 6.76. The number of unbranched alkanes of at least 4 members (excludes halogenated alkanes) is 1. The number of rotatable bonds is 9. The molecule has 2 N–H and O–H groups in total. The number of hydrogen-bond acceptors (Lipinski definition) is 3. The average Bonchev–Trinajstić information content (AvgIpc) is 2.67. The van der Waals surface area contributed by atoms with E-state index >= 15 is 0 Å². The minimum absolute atomic E-state index is 0.0209. The van der Waals surface area contributed by atoms with Gasteiger partial charge < -0.3 is 19.9 Å². The van der Waals surface area contributed by atoms with Crippen molar-refractivity contribution in [2.75, 3.05) is 20.1 Å². The zero-order chi connectivity index (χ0) is 20.4. The van der Waals surface area contributed by atoms with E-state index in [1.165, 1.54) is 0 Å². The Morgan fingerprint density at radius 2 is 1.89 bits per heavy atom. The van der Waals surface area contributed by atoms with Gasteiger partial charge in [-0.1, -0.05) is 24.3 Å². The summed E-state index contributed by atoms with van der Waals surface area (Å²) in [5.41, 5.74) is 2.19. The van der Waals surface area contributed by atoms with Crippen LogP contribution in [-0.2, 0) is 6.54 Å². The predicted octanol–water partition coefficient (Wildman–Crippen LogP) is 2.88. The van der Waals surface area contributed by atoms with Crippen LogP contribution >= 0.6 is 0 Å². The number of aryl methyl sites for hydroxylation is 2. The van der Waals surface area contributed by atoms with E-state index in [0.29, 0.717) is 6.54 Å². The van der Waals surface area contributed by atoms with Gasteiger partial charge in [0.25, 0.3) is 5.56 Å². The van der Waals surface area contributed by atoms with Crippen LogP contribution in [0.4, 0.5) is 0 Å². The van der Waals surface area contributed by atoms with E-state index in [9.17, 15) is 4.79 Å². The quantitative estimate of drug-likeness (QED) is 0.396. The van der Waals surface area contributed by atoms with E-state index in [1.807, 2.05) is 55.7 Å². The standard InChI is InChI=1S/C22H32N4O2/c1-17-10-5-6-12-20(17)28-19(3)16-25-22(23-4)24-14-7-8-15-26-18(2)11-9-13-21(26)27/h5-6,9-13,19H,7-8,14-16H2,1-4H3,(H2,23,24,25). The van der Waals surface area contributed by atoms with Gasteiger partial charge in [-0.25, -0.2) is 0 Å². The molecule has 1 atom stereocenters. The molecule has 28 heavy (non-hydrogen) atoms. The fourth-order valence-corrected chi connectivity index (χ4v) is 2.92. The van der Waals surface area contributed by atoms with E-state index < -0.39 is 0 Å². The second-order valence-corrected chi connectivity index (χ2v) is 6.94. The summed E-state index contributed by atoms with van der Waals surface area (Å²) in [6.07, 6.45) is 1.91. The summed E-state index contributed by atoms with van der Waals surface area (Å²) in [4.78, 5) is 16.1. The number of para-hydroxylation sites is 1. The highest BCUT2D eigenvalue weighted by molar-refractivity contribution is 5.79. The van der Waals surface area contributed by atoms with E-state index in [-0.39, 0.29) is 11.7 Å². The Labute approximate surface area is 167 Å². The van der Waals surface area contributed by atoms with Crippen LogP contribution in [0.25, 0.3) is 0 Å². The maximum absolute atomic E-state index is 11.9. The van der Waals surface area contributed by atoms with Gasteiger partial charge in [0.05, 0.1) is 6.54 Å². The largest absolute Gasteiger partial charge is 0.489 e. The Kier molecular flexibility index (Phi) is 8.59. The average molecular weight is 385 g/mol. The molecule has 0 bridgehead atoms. The topological polar surface area (TPSA) is 67.7 Å². The number of nitrogens with one attached hydrogen (secondary N) is 2. The molecule has 1 aromatic carbocycles. The molecule has 0 radical (unpaired) electrons. The summed E-state index contributed by atoms with van der Waals surface area (Å²) in [7, 11) is 1.76. The number of hydrogen-bond donors (Lipinski definition) is 2. The van der Waals surface area contributed by atoms with Crippen LogP contribution in [0.3, 0.4) is 0 Å². The molecule has 0 aliphatic carbocycles. The number of aliphatic imine (C=N–C) groups is 1. The molecule has 6 heteroatoms. The smallest absolute Gasteiger partial charge is 0.250 e. The zero-order valence-electron chi connectivity index (χ0n) is 17.4. The molecule has 0 aliphatic rings. The van der Waals surface area contributed by atoms with E-state index in [4.69, 9.17) is 4.74 Å². The maximum Gasteiger partial charge on any atom is 0.250 e. The molecule has 0 saturated heterocycles. The first-order valence-electron chi connectivity index (χ1n) is 9.84. The van der Waals surface area contributed by atoms with Gasteiger partial charge in [-0.3, -0.25) is 9.79 Å². The molecule has 2 rings (SSSR count). The number of pyridine rings is 1. The lowest BCUT2D eigenvalue weighted by Crippen LogP contribution is -2.42. The van der Waals surface area contributed by atoms with Crippen molar-refractivity contribution in [1.82, 2.24) is 15.2 Å². The third-order valence-corrected chi connectivity index (χ3v) is 4.57. The van der Waals surface area contributed by atoms with Crippen LogP contribution in [0.2, 0.25) is 0 Å². The number of guanidine groups is 1. The second kappa shape index (κ2) is 11.2. The molecular formula is C22H32N4O2. The number of ether oxygens (including phenoxy) is 1. The summed E-state index contributed by atoms with van der Waals surface area (Å²) >= 11 is 0. The predicted molar refractivity (Wildman–Crippen MR) is 115 cm³/mol. The van der Waals surface area contributed by atoms with Gasteiger partial charge in [-0.2, -0.15) is 0 Å². The molecular weight excluding hydrogens is 352 g/mol. The molecule has 152 valence electrons.